The van der Waals surface area contributed by atoms with E-state index in [1.54, 1.807) is 0 Å². The molecule has 0 aliphatic rings. The fourth-order valence-corrected chi connectivity index (χ4v) is 2.41. The van der Waals surface area contributed by atoms with E-state index < -0.39 is 0 Å². The summed E-state index contributed by atoms with van der Waals surface area (Å²) in [6.07, 6.45) is 11.4. The number of aromatic nitrogens is 2. The molecule has 1 N–H and O–H groups in total. The first-order valence-corrected chi connectivity index (χ1v) is 7.55. The van der Waals surface area contributed by atoms with Gasteiger partial charge >= 0.3 is 0 Å². The zero-order valence-electron chi connectivity index (χ0n) is 12.3. The van der Waals surface area contributed by atoms with Gasteiger partial charge in [-0.2, -0.15) is 0 Å². The highest BCUT2D eigenvalue weighted by molar-refractivity contribution is 4.92. The van der Waals surface area contributed by atoms with E-state index in [0.29, 0.717) is 6.04 Å². The summed E-state index contributed by atoms with van der Waals surface area (Å²) in [5.74, 6) is 1.24. The van der Waals surface area contributed by atoms with Crippen LogP contribution in [0.25, 0.3) is 0 Å². The summed E-state index contributed by atoms with van der Waals surface area (Å²) in [7, 11) is 0. The van der Waals surface area contributed by atoms with Crippen LogP contribution in [0, 0.1) is 0 Å². The van der Waals surface area contributed by atoms with Crippen molar-refractivity contribution in [3.05, 3.63) is 18.2 Å². The van der Waals surface area contributed by atoms with E-state index >= 15 is 0 Å². The highest BCUT2D eigenvalue weighted by Crippen LogP contribution is 2.09. The minimum Gasteiger partial charge on any atom is -0.335 e. The second kappa shape index (κ2) is 9.15. The van der Waals surface area contributed by atoms with Gasteiger partial charge in [0.25, 0.3) is 0 Å². The molecular weight excluding hydrogens is 222 g/mol. The maximum absolute atomic E-state index is 4.43. The standard InChI is InChI=1S/C15H29N3/c1-4-8-14(16-11-5-2)9-7-10-15-17-12-13-18(15)6-3/h12-14,16H,4-11H2,1-3H3. The van der Waals surface area contributed by atoms with Gasteiger partial charge in [-0.15, -0.1) is 0 Å². The molecular formula is C15H29N3. The minimum absolute atomic E-state index is 0.694. The van der Waals surface area contributed by atoms with Crippen LogP contribution in [-0.4, -0.2) is 22.1 Å². The molecule has 1 rings (SSSR count). The quantitative estimate of drug-likeness (QED) is 0.691. The van der Waals surface area contributed by atoms with Gasteiger partial charge < -0.3 is 9.88 Å². The van der Waals surface area contributed by atoms with Crippen molar-refractivity contribution in [1.82, 2.24) is 14.9 Å². The maximum atomic E-state index is 4.43. The predicted octanol–water partition coefficient (Wildman–Crippen LogP) is 3.39. The average Bonchev–Trinajstić information content (AvgIpc) is 2.83. The fraction of sp³-hybridized carbons (Fsp3) is 0.800. The van der Waals surface area contributed by atoms with E-state index in [4.69, 9.17) is 0 Å². The van der Waals surface area contributed by atoms with Crippen molar-refractivity contribution in [3.8, 4) is 0 Å². The van der Waals surface area contributed by atoms with Crippen LogP contribution in [0.4, 0.5) is 0 Å². The molecule has 0 aromatic carbocycles. The Bertz CT molecular complexity index is 306. The Morgan fingerprint density at radius 2 is 2.06 bits per heavy atom. The molecule has 0 saturated carbocycles. The van der Waals surface area contributed by atoms with Crippen LogP contribution in [0.3, 0.4) is 0 Å². The molecule has 1 atom stereocenters. The average molecular weight is 251 g/mol. The molecule has 1 aromatic rings. The molecule has 0 radical (unpaired) electrons. The second-order valence-corrected chi connectivity index (χ2v) is 4.96. The normalized spacial score (nSPS) is 12.8. The van der Waals surface area contributed by atoms with Gasteiger partial charge in [-0.25, -0.2) is 4.98 Å². The minimum atomic E-state index is 0.694. The number of rotatable bonds is 10. The van der Waals surface area contributed by atoms with Crippen LogP contribution in [0.1, 0.15) is 58.7 Å². The van der Waals surface area contributed by atoms with Crippen LogP contribution < -0.4 is 5.32 Å². The molecule has 0 spiro atoms. The van der Waals surface area contributed by atoms with Gasteiger partial charge in [0.2, 0.25) is 0 Å². The predicted molar refractivity (Wildman–Crippen MR) is 77.8 cm³/mol. The van der Waals surface area contributed by atoms with Crippen molar-refractivity contribution in [2.24, 2.45) is 0 Å². The van der Waals surface area contributed by atoms with E-state index in [9.17, 15) is 0 Å². The first-order valence-electron chi connectivity index (χ1n) is 7.55. The van der Waals surface area contributed by atoms with E-state index in [-0.39, 0.29) is 0 Å². The second-order valence-electron chi connectivity index (χ2n) is 4.96. The third kappa shape index (κ3) is 5.21. The van der Waals surface area contributed by atoms with E-state index in [1.807, 2.05) is 6.20 Å². The summed E-state index contributed by atoms with van der Waals surface area (Å²) in [5, 5.41) is 3.65. The van der Waals surface area contributed by atoms with Crippen molar-refractivity contribution in [2.75, 3.05) is 6.54 Å². The largest absolute Gasteiger partial charge is 0.335 e. The molecule has 0 aliphatic heterocycles. The molecule has 0 bridgehead atoms. The third-order valence-electron chi connectivity index (χ3n) is 3.42. The Morgan fingerprint density at radius 3 is 2.72 bits per heavy atom. The molecule has 0 saturated heterocycles. The first-order chi connectivity index (χ1) is 8.81. The molecule has 104 valence electrons. The lowest BCUT2D eigenvalue weighted by Gasteiger charge is -2.17. The summed E-state index contributed by atoms with van der Waals surface area (Å²) in [4.78, 5) is 4.43. The number of nitrogens with zero attached hydrogens (tertiary/aromatic N) is 2. The summed E-state index contributed by atoms with van der Waals surface area (Å²) >= 11 is 0. The van der Waals surface area contributed by atoms with E-state index in [0.717, 1.165) is 19.5 Å². The Kier molecular flexibility index (Phi) is 7.74. The van der Waals surface area contributed by atoms with Gasteiger partial charge in [0.05, 0.1) is 0 Å². The molecule has 1 aromatic heterocycles. The highest BCUT2D eigenvalue weighted by Gasteiger charge is 2.07. The van der Waals surface area contributed by atoms with Crippen LogP contribution in [0.15, 0.2) is 12.4 Å². The van der Waals surface area contributed by atoms with Gasteiger partial charge in [-0.05, 0) is 39.2 Å². The number of hydrogen-bond donors (Lipinski definition) is 1. The monoisotopic (exact) mass is 251 g/mol. The van der Waals surface area contributed by atoms with Crippen molar-refractivity contribution < 1.29 is 0 Å². The van der Waals surface area contributed by atoms with Gasteiger partial charge in [0, 0.05) is 31.4 Å². The number of hydrogen-bond acceptors (Lipinski definition) is 2. The van der Waals surface area contributed by atoms with Crippen LogP contribution in [0.2, 0.25) is 0 Å². The lowest BCUT2D eigenvalue weighted by molar-refractivity contribution is 0.434. The highest BCUT2D eigenvalue weighted by atomic mass is 15.0. The molecule has 3 heteroatoms. The molecule has 3 nitrogen and oxygen atoms in total. The first kappa shape index (κ1) is 15.2. The van der Waals surface area contributed by atoms with Crippen molar-refractivity contribution in [1.29, 1.82) is 0 Å². The van der Waals surface area contributed by atoms with Gasteiger partial charge in [0.1, 0.15) is 5.82 Å². The Morgan fingerprint density at radius 1 is 1.22 bits per heavy atom. The number of nitrogens with one attached hydrogen (secondary N) is 1. The zero-order valence-corrected chi connectivity index (χ0v) is 12.3. The summed E-state index contributed by atoms with van der Waals surface area (Å²) < 4.78 is 2.24. The van der Waals surface area contributed by atoms with Crippen molar-refractivity contribution in [3.63, 3.8) is 0 Å². The molecule has 0 aliphatic carbocycles. The fourth-order valence-electron chi connectivity index (χ4n) is 2.41. The third-order valence-corrected chi connectivity index (χ3v) is 3.42. The molecule has 1 unspecified atom stereocenters. The van der Waals surface area contributed by atoms with Crippen LogP contribution in [0.5, 0.6) is 0 Å². The Labute approximate surface area is 112 Å². The van der Waals surface area contributed by atoms with Gasteiger partial charge in [0.15, 0.2) is 0 Å². The maximum Gasteiger partial charge on any atom is 0.108 e. The van der Waals surface area contributed by atoms with Crippen LogP contribution in [-0.2, 0) is 13.0 Å². The van der Waals surface area contributed by atoms with Crippen molar-refractivity contribution in [2.45, 2.75) is 71.9 Å². The SMILES string of the molecule is CCCNC(CCC)CCCc1nccn1CC. The Balaban J connectivity index is 2.29. The molecule has 18 heavy (non-hydrogen) atoms. The van der Waals surface area contributed by atoms with Gasteiger partial charge in [-0.1, -0.05) is 20.3 Å². The summed E-state index contributed by atoms with van der Waals surface area (Å²) in [6.45, 7) is 8.85. The topological polar surface area (TPSA) is 29.9 Å². The number of imidazole rings is 1. The van der Waals surface area contributed by atoms with E-state index in [2.05, 4.69) is 41.8 Å². The smallest absolute Gasteiger partial charge is 0.108 e. The molecule has 0 amide bonds. The van der Waals surface area contributed by atoms with Crippen molar-refractivity contribution >= 4 is 0 Å². The van der Waals surface area contributed by atoms with E-state index in [1.165, 1.54) is 37.9 Å². The lowest BCUT2D eigenvalue weighted by Crippen LogP contribution is -2.29. The van der Waals surface area contributed by atoms with Crippen LogP contribution >= 0.6 is 0 Å². The summed E-state index contributed by atoms with van der Waals surface area (Å²) in [5.41, 5.74) is 0. The summed E-state index contributed by atoms with van der Waals surface area (Å²) in [6, 6.07) is 0.694. The molecule has 1 heterocycles. The Hall–Kier alpha value is -0.830. The zero-order chi connectivity index (χ0) is 13.2. The lowest BCUT2D eigenvalue weighted by atomic mass is 10.0. The molecule has 0 fully saturated rings. The number of aryl methyl sites for hydroxylation is 2. The van der Waals surface area contributed by atoms with Gasteiger partial charge in [-0.3, -0.25) is 0 Å².